The van der Waals surface area contributed by atoms with Gasteiger partial charge in [-0.1, -0.05) is 0 Å². The molecule has 1 fully saturated rings. The Bertz CT molecular complexity index is 368. The highest BCUT2D eigenvalue weighted by atomic mass is 32.2. The predicted molar refractivity (Wildman–Crippen MR) is 62.8 cm³/mol. The van der Waals surface area contributed by atoms with E-state index in [2.05, 4.69) is 4.72 Å². The first kappa shape index (κ1) is 14.4. The van der Waals surface area contributed by atoms with Gasteiger partial charge >= 0.3 is 5.97 Å². The number of hydrogen-bond donors (Lipinski definition) is 2. The van der Waals surface area contributed by atoms with Crippen LogP contribution in [0.25, 0.3) is 0 Å². The normalized spacial score (nSPS) is 25.0. The lowest BCUT2D eigenvalue weighted by molar-refractivity contribution is -0.141. The summed E-state index contributed by atoms with van der Waals surface area (Å²) in [6, 6.07) is 0. The molecule has 0 bridgehead atoms. The molecule has 0 spiro atoms. The zero-order valence-corrected chi connectivity index (χ0v) is 10.9. The number of aliphatic carboxylic acids is 1. The van der Waals surface area contributed by atoms with Gasteiger partial charge in [0.15, 0.2) is 0 Å². The summed E-state index contributed by atoms with van der Waals surface area (Å²) in [5.74, 6) is -1.64. The first-order valence-corrected chi connectivity index (χ1v) is 6.89. The Hall–Kier alpha value is -0.700. The maximum atomic E-state index is 11.6. The molecule has 1 aliphatic heterocycles. The molecular formula is C9H19N3O4S. The van der Waals surface area contributed by atoms with Crippen LogP contribution in [0.1, 0.15) is 6.42 Å². The van der Waals surface area contributed by atoms with Crippen LogP contribution in [0.2, 0.25) is 0 Å². The van der Waals surface area contributed by atoms with Crippen LogP contribution in [0.3, 0.4) is 0 Å². The summed E-state index contributed by atoms with van der Waals surface area (Å²) in [6.45, 7) is 1.14. The van der Waals surface area contributed by atoms with Crippen molar-refractivity contribution in [1.29, 1.82) is 0 Å². The number of carbonyl (C=O) groups is 1. The lowest BCUT2D eigenvalue weighted by atomic mass is 10.1. The minimum atomic E-state index is -3.49. The minimum Gasteiger partial charge on any atom is -0.481 e. The van der Waals surface area contributed by atoms with Gasteiger partial charge in [-0.15, -0.1) is 0 Å². The van der Waals surface area contributed by atoms with Crippen LogP contribution in [0.5, 0.6) is 0 Å². The van der Waals surface area contributed by atoms with Gasteiger partial charge < -0.3 is 10.0 Å². The summed E-state index contributed by atoms with van der Waals surface area (Å²) in [7, 11) is 0.325. The summed E-state index contributed by atoms with van der Waals surface area (Å²) in [5, 5.41) is 8.87. The molecule has 17 heavy (non-hydrogen) atoms. The number of nitrogens with zero attached hydrogens (tertiary/aromatic N) is 2. The molecule has 8 heteroatoms. The monoisotopic (exact) mass is 265 g/mol. The third-order valence-electron chi connectivity index (χ3n) is 2.64. The molecule has 1 heterocycles. The Morgan fingerprint density at radius 3 is 2.71 bits per heavy atom. The van der Waals surface area contributed by atoms with Crippen LogP contribution in [0.15, 0.2) is 0 Å². The van der Waals surface area contributed by atoms with Crippen LogP contribution in [0.4, 0.5) is 0 Å². The molecule has 0 amide bonds. The molecule has 1 saturated heterocycles. The van der Waals surface area contributed by atoms with E-state index in [1.54, 1.807) is 0 Å². The van der Waals surface area contributed by atoms with Crippen molar-refractivity contribution in [2.75, 3.05) is 40.3 Å². The maximum Gasteiger partial charge on any atom is 0.309 e. The topological polar surface area (TPSA) is 89.9 Å². The van der Waals surface area contributed by atoms with Crippen molar-refractivity contribution in [2.24, 2.45) is 5.92 Å². The zero-order valence-electron chi connectivity index (χ0n) is 10.1. The third kappa shape index (κ3) is 4.23. The Kier molecular flexibility index (Phi) is 4.87. The molecular weight excluding hydrogens is 246 g/mol. The van der Waals surface area contributed by atoms with Gasteiger partial charge in [-0.2, -0.15) is 12.7 Å². The van der Waals surface area contributed by atoms with E-state index >= 15 is 0 Å². The Morgan fingerprint density at radius 1 is 1.53 bits per heavy atom. The average Bonchev–Trinajstić information content (AvgIpc) is 2.19. The van der Waals surface area contributed by atoms with E-state index in [1.165, 1.54) is 4.31 Å². The fraction of sp³-hybridized carbons (Fsp3) is 0.889. The molecule has 2 N–H and O–H groups in total. The SMILES string of the molecule is CN(C)CCCN1CC(C(=O)O)CNS1(=O)=O. The largest absolute Gasteiger partial charge is 0.481 e. The molecule has 0 saturated carbocycles. The van der Waals surface area contributed by atoms with Crippen molar-refractivity contribution in [3.63, 3.8) is 0 Å². The standard InChI is InChI=1S/C9H19N3O4S/c1-11(2)4-3-5-12-7-8(9(13)14)6-10-17(12,15)16/h8,10H,3-7H2,1-2H3,(H,13,14). The summed E-state index contributed by atoms with van der Waals surface area (Å²) >= 11 is 0. The van der Waals surface area contributed by atoms with E-state index in [1.807, 2.05) is 19.0 Å². The Balaban J connectivity index is 2.56. The van der Waals surface area contributed by atoms with Crippen molar-refractivity contribution in [2.45, 2.75) is 6.42 Å². The third-order valence-corrected chi connectivity index (χ3v) is 4.18. The molecule has 1 unspecified atom stereocenters. The van der Waals surface area contributed by atoms with Gasteiger partial charge in [-0.05, 0) is 27.1 Å². The second-order valence-electron chi connectivity index (χ2n) is 4.40. The molecule has 1 rings (SSSR count). The van der Waals surface area contributed by atoms with Crippen LogP contribution in [-0.4, -0.2) is 69.0 Å². The maximum absolute atomic E-state index is 11.6. The number of hydrogen-bond acceptors (Lipinski definition) is 4. The van der Waals surface area contributed by atoms with Crippen molar-refractivity contribution in [1.82, 2.24) is 13.9 Å². The lowest BCUT2D eigenvalue weighted by Gasteiger charge is -2.30. The molecule has 1 aliphatic rings. The highest BCUT2D eigenvalue weighted by molar-refractivity contribution is 7.87. The van der Waals surface area contributed by atoms with Crippen LogP contribution in [-0.2, 0) is 15.0 Å². The van der Waals surface area contributed by atoms with E-state index in [0.717, 1.165) is 6.54 Å². The average molecular weight is 265 g/mol. The van der Waals surface area contributed by atoms with Gasteiger partial charge in [0.25, 0.3) is 10.2 Å². The quantitative estimate of drug-likeness (QED) is 0.651. The molecule has 0 radical (unpaired) electrons. The van der Waals surface area contributed by atoms with Gasteiger partial charge in [0.2, 0.25) is 0 Å². The van der Waals surface area contributed by atoms with Crippen molar-refractivity contribution in [3.8, 4) is 0 Å². The molecule has 1 atom stereocenters. The number of nitrogens with one attached hydrogen (secondary N) is 1. The first-order valence-electron chi connectivity index (χ1n) is 5.45. The van der Waals surface area contributed by atoms with Crippen LogP contribution < -0.4 is 4.72 Å². The van der Waals surface area contributed by atoms with Crippen LogP contribution in [0, 0.1) is 5.92 Å². The van der Waals surface area contributed by atoms with Gasteiger partial charge in [-0.25, -0.2) is 4.72 Å². The molecule has 0 aromatic carbocycles. The summed E-state index contributed by atoms with van der Waals surface area (Å²) in [5.41, 5.74) is 0. The molecule has 7 nitrogen and oxygen atoms in total. The van der Waals surface area contributed by atoms with E-state index < -0.39 is 22.1 Å². The van der Waals surface area contributed by atoms with E-state index in [0.29, 0.717) is 13.0 Å². The number of carboxylic acids is 1. The summed E-state index contributed by atoms with van der Waals surface area (Å²) < 4.78 is 26.8. The lowest BCUT2D eigenvalue weighted by Crippen LogP contribution is -2.53. The number of carboxylic acid groups (broad SMARTS) is 1. The Labute approximate surface area is 102 Å². The smallest absolute Gasteiger partial charge is 0.309 e. The molecule has 0 aromatic heterocycles. The Morgan fingerprint density at radius 2 is 2.18 bits per heavy atom. The summed E-state index contributed by atoms with van der Waals surface area (Å²) in [6.07, 6.45) is 0.681. The summed E-state index contributed by atoms with van der Waals surface area (Å²) in [4.78, 5) is 12.8. The van der Waals surface area contributed by atoms with E-state index in [4.69, 9.17) is 5.11 Å². The first-order chi connectivity index (χ1) is 7.83. The minimum absolute atomic E-state index is 0.0259. The van der Waals surface area contributed by atoms with Gasteiger partial charge in [0.1, 0.15) is 0 Å². The van der Waals surface area contributed by atoms with Gasteiger partial charge in [0, 0.05) is 19.6 Å². The second kappa shape index (κ2) is 5.76. The fourth-order valence-electron chi connectivity index (χ4n) is 1.65. The van der Waals surface area contributed by atoms with Gasteiger partial charge in [0.05, 0.1) is 5.92 Å². The van der Waals surface area contributed by atoms with E-state index in [9.17, 15) is 13.2 Å². The molecule has 0 aromatic rings. The van der Waals surface area contributed by atoms with Gasteiger partial charge in [-0.3, -0.25) is 4.79 Å². The van der Waals surface area contributed by atoms with Crippen LogP contribution >= 0.6 is 0 Å². The predicted octanol–water partition coefficient (Wildman–Crippen LogP) is -1.21. The molecule has 0 aliphatic carbocycles. The fourth-order valence-corrected chi connectivity index (χ4v) is 2.99. The van der Waals surface area contributed by atoms with Crippen molar-refractivity contribution >= 4 is 16.2 Å². The second-order valence-corrected chi connectivity index (χ2v) is 6.16. The number of rotatable bonds is 5. The van der Waals surface area contributed by atoms with Crippen molar-refractivity contribution in [3.05, 3.63) is 0 Å². The highest BCUT2D eigenvalue weighted by Gasteiger charge is 2.34. The highest BCUT2D eigenvalue weighted by Crippen LogP contribution is 2.12. The van der Waals surface area contributed by atoms with Crippen molar-refractivity contribution < 1.29 is 18.3 Å². The molecule has 100 valence electrons. The zero-order chi connectivity index (χ0) is 13.1. The van der Waals surface area contributed by atoms with E-state index in [-0.39, 0.29) is 13.1 Å².